The van der Waals surface area contributed by atoms with Crippen LogP contribution in [0.5, 0.6) is 0 Å². The Kier molecular flexibility index (Phi) is 11.2. The lowest BCUT2D eigenvalue weighted by molar-refractivity contribution is -0.148. The summed E-state index contributed by atoms with van der Waals surface area (Å²) in [6.45, 7) is 5.07. The minimum absolute atomic E-state index is 0.215. The number of fused-ring (bicyclic) bond motifs is 1. The van der Waals surface area contributed by atoms with Gasteiger partial charge in [0.05, 0.1) is 0 Å². The van der Waals surface area contributed by atoms with E-state index in [2.05, 4.69) is 5.43 Å². The van der Waals surface area contributed by atoms with E-state index in [0.29, 0.717) is 6.42 Å². The highest BCUT2D eigenvalue weighted by molar-refractivity contribution is 5.95. The molecule has 3 N–H and O–H groups in total. The van der Waals surface area contributed by atoms with E-state index in [-0.39, 0.29) is 24.7 Å². The third-order valence-electron chi connectivity index (χ3n) is 7.39. The molecule has 9 nitrogen and oxygen atoms in total. The van der Waals surface area contributed by atoms with Crippen molar-refractivity contribution in [3.8, 4) is 0 Å². The maximum absolute atomic E-state index is 14.3. The average molecular weight is 586 g/mol. The largest absolute Gasteiger partial charge is 0.332 e. The van der Waals surface area contributed by atoms with E-state index in [1.807, 2.05) is 86.6 Å². The van der Waals surface area contributed by atoms with E-state index in [4.69, 9.17) is 5.73 Å². The highest BCUT2D eigenvalue weighted by Gasteiger charge is 2.35. The Hall–Kier alpha value is -4.50. The van der Waals surface area contributed by atoms with Crippen LogP contribution in [0, 0.1) is 0 Å². The monoisotopic (exact) mass is 585 g/mol. The first-order chi connectivity index (χ1) is 20.3. The number of hydrazine groups is 1. The molecule has 0 unspecified atom stereocenters. The smallest absolute Gasteiger partial charge is 0.261 e. The van der Waals surface area contributed by atoms with Gasteiger partial charge in [-0.1, -0.05) is 78.9 Å². The Bertz CT molecular complexity index is 1460. The molecule has 0 saturated carbocycles. The lowest BCUT2D eigenvalue weighted by Gasteiger charge is -2.35. The molecule has 0 aliphatic carbocycles. The van der Waals surface area contributed by atoms with Gasteiger partial charge in [0.25, 0.3) is 5.91 Å². The molecule has 0 aromatic heterocycles. The fourth-order valence-electron chi connectivity index (χ4n) is 4.66. The topological polar surface area (TPSA) is 116 Å². The summed E-state index contributed by atoms with van der Waals surface area (Å²) in [5.74, 6) is -1.62. The first-order valence-corrected chi connectivity index (χ1v) is 14.3. The van der Waals surface area contributed by atoms with Gasteiger partial charge in [-0.25, -0.2) is 0 Å². The van der Waals surface area contributed by atoms with E-state index in [1.54, 1.807) is 20.2 Å². The SMILES string of the molecule is CC(=O)N(C)NC(=O)[C@@H](Cc1ccccc1)N(C)C(=O)[C@@H](Cc1ccc2ccccc2c1)N(C)C(=O)/C=C/CC(C)(C)N. The molecule has 0 spiro atoms. The molecule has 43 heavy (non-hydrogen) atoms. The molecule has 2 atom stereocenters. The highest BCUT2D eigenvalue weighted by atomic mass is 16.2. The van der Waals surface area contributed by atoms with Gasteiger partial charge in [0, 0.05) is 46.4 Å². The minimum atomic E-state index is -0.951. The molecule has 0 radical (unpaired) electrons. The summed E-state index contributed by atoms with van der Waals surface area (Å²) in [5.41, 5.74) is 9.89. The van der Waals surface area contributed by atoms with Gasteiger partial charge in [0.2, 0.25) is 17.7 Å². The molecule has 0 saturated heterocycles. The number of nitrogens with zero attached hydrogens (tertiary/aromatic N) is 3. The van der Waals surface area contributed by atoms with Crippen LogP contribution < -0.4 is 11.2 Å². The maximum atomic E-state index is 14.3. The number of hydrogen-bond donors (Lipinski definition) is 2. The number of nitrogens with two attached hydrogens (primary N) is 1. The van der Waals surface area contributed by atoms with Crippen molar-refractivity contribution < 1.29 is 19.2 Å². The Morgan fingerprint density at radius 3 is 2.05 bits per heavy atom. The Morgan fingerprint density at radius 1 is 0.814 bits per heavy atom. The summed E-state index contributed by atoms with van der Waals surface area (Å²) in [6, 6.07) is 21.4. The number of rotatable bonds is 11. The predicted octanol–water partition coefficient (Wildman–Crippen LogP) is 3.47. The fraction of sp³-hybridized carbons (Fsp3) is 0.353. The molecule has 0 heterocycles. The number of carbonyl (C=O) groups excluding carboxylic acids is 4. The molecule has 0 fully saturated rings. The van der Waals surface area contributed by atoms with Gasteiger partial charge in [0.15, 0.2) is 0 Å². The summed E-state index contributed by atoms with van der Waals surface area (Å²) in [7, 11) is 4.60. The van der Waals surface area contributed by atoms with E-state index >= 15 is 0 Å². The quantitative estimate of drug-likeness (QED) is 0.264. The Labute approximate surface area is 254 Å². The molecule has 0 bridgehead atoms. The zero-order chi connectivity index (χ0) is 31.7. The number of nitrogens with one attached hydrogen (secondary N) is 1. The summed E-state index contributed by atoms with van der Waals surface area (Å²) in [4.78, 5) is 55.7. The summed E-state index contributed by atoms with van der Waals surface area (Å²) in [6.07, 6.45) is 4.08. The molecule has 3 aromatic carbocycles. The standard InChI is InChI=1S/C34H43N5O4/c1-24(40)39(6)36-32(42)29(22-25-13-8-7-9-14-25)38(5)33(43)30(37(4)31(41)17-12-20-34(2,3)35)23-26-18-19-27-15-10-11-16-28(27)21-26/h7-19,21,29-30H,20,22-23,35H2,1-6H3,(H,36,42)/b17-12+/t29-,30-/m1/s1. The predicted molar refractivity (Wildman–Crippen MR) is 170 cm³/mol. The van der Waals surface area contributed by atoms with Gasteiger partial charge in [-0.15, -0.1) is 0 Å². The third kappa shape index (κ3) is 9.51. The fourth-order valence-corrected chi connectivity index (χ4v) is 4.66. The van der Waals surface area contributed by atoms with Gasteiger partial charge in [-0.3, -0.25) is 29.6 Å². The van der Waals surface area contributed by atoms with Crippen LogP contribution in [0.15, 0.2) is 84.9 Å². The number of carbonyl (C=O) groups is 4. The van der Waals surface area contributed by atoms with Crippen LogP contribution in [0.4, 0.5) is 0 Å². The number of benzene rings is 3. The second-order valence-electron chi connectivity index (χ2n) is 11.7. The maximum Gasteiger partial charge on any atom is 0.261 e. The molecule has 0 aliphatic heterocycles. The zero-order valence-electron chi connectivity index (χ0n) is 25.9. The first-order valence-electron chi connectivity index (χ1n) is 14.3. The first kappa shape index (κ1) is 33.0. The molecule has 3 aromatic rings. The second-order valence-corrected chi connectivity index (χ2v) is 11.7. The molecule has 9 heteroatoms. The van der Waals surface area contributed by atoms with Crippen molar-refractivity contribution in [2.45, 2.75) is 57.7 Å². The molecule has 0 aliphatic rings. The number of amides is 4. The normalized spacial score (nSPS) is 12.9. The van der Waals surface area contributed by atoms with Gasteiger partial charge >= 0.3 is 0 Å². The van der Waals surface area contributed by atoms with Crippen molar-refractivity contribution in [1.29, 1.82) is 0 Å². The van der Waals surface area contributed by atoms with Crippen molar-refractivity contribution in [3.63, 3.8) is 0 Å². The van der Waals surface area contributed by atoms with Gasteiger partial charge < -0.3 is 15.5 Å². The zero-order valence-corrected chi connectivity index (χ0v) is 25.9. The van der Waals surface area contributed by atoms with Crippen molar-refractivity contribution in [2.24, 2.45) is 5.73 Å². The molecule has 3 rings (SSSR count). The molecule has 4 amide bonds. The van der Waals surface area contributed by atoms with Crippen LogP contribution in [-0.2, 0) is 32.0 Å². The van der Waals surface area contributed by atoms with E-state index in [9.17, 15) is 19.2 Å². The van der Waals surface area contributed by atoms with E-state index < -0.39 is 29.4 Å². The van der Waals surface area contributed by atoms with Gasteiger partial charge in [-0.05, 0) is 48.2 Å². The van der Waals surface area contributed by atoms with Gasteiger partial charge in [-0.2, -0.15) is 0 Å². The van der Waals surface area contributed by atoms with Crippen LogP contribution in [0.3, 0.4) is 0 Å². The second kappa shape index (κ2) is 14.6. The van der Waals surface area contributed by atoms with E-state index in [0.717, 1.165) is 26.9 Å². The van der Waals surface area contributed by atoms with Crippen molar-refractivity contribution >= 4 is 34.4 Å². The average Bonchev–Trinajstić information content (AvgIpc) is 2.97. The molecule has 228 valence electrons. The molecular weight excluding hydrogens is 542 g/mol. The van der Waals surface area contributed by atoms with Crippen LogP contribution in [0.25, 0.3) is 10.8 Å². The lowest BCUT2D eigenvalue weighted by atomic mass is 9.98. The highest BCUT2D eigenvalue weighted by Crippen LogP contribution is 2.20. The summed E-state index contributed by atoms with van der Waals surface area (Å²) in [5, 5.41) is 3.18. The lowest BCUT2D eigenvalue weighted by Crippen LogP contribution is -2.57. The van der Waals surface area contributed by atoms with Crippen molar-refractivity contribution in [2.75, 3.05) is 21.1 Å². The third-order valence-corrected chi connectivity index (χ3v) is 7.39. The van der Waals surface area contributed by atoms with Crippen LogP contribution >= 0.6 is 0 Å². The Balaban J connectivity index is 1.97. The number of hydrogen-bond acceptors (Lipinski definition) is 5. The van der Waals surface area contributed by atoms with Crippen LogP contribution in [-0.4, -0.2) is 77.2 Å². The van der Waals surface area contributed by atoms with Crippen molar-refractivity contribution in [3.05, 3.63) is 96.1 Å². The summed E-state index contributed by atoms with van der Waals surface area (Å²) >= 11 is 0. The van der Waals surface area contributed by atoms with Gasteiger partial charge in [0.1, 0.15) is 12.1 Å². The van der Waals surface area contributed by atoms with Crippen LogP contribution in [0.1, 0.15) is 38.3 Å². The minimum Gasteiger partial charge on any atom is -0.332 e. The van der Waals surface area contributed by atoms with Crippen LogP contribution in [0.2, 0.25) is 0 Å². The van der Waals surface area contributed by atoms with Crippen molar-refractivity contribution in [1.82, 2.24) is 20.2 Å². The van der Waals surface area contributed by atoms with E-state index in [1.165, 1.54) is 29.8 Å². The Morgan fingerprint density at radius 2 is 1.42 bits per heavy atom. The molecular formula is C34H43N5O4. The number of likely N-dealkylation sites (N-methyl/N-ethyl adjacent to an activating group) is 2. The summed E-state index contributed by atoms with van der Waals surface area (Å²) < 4.78 is 0.